The lowest BCUT2D eigenvalue weighted by Gasteiger charge is -2.14. The van der Waals surface area contributed by atoms with Gasteiger partial charge < -0.3 is 9.84 Å². The molecule has 0 fully saturated rings. The van der Waals surface area contributed by atoms with E-state index in [0.717, 1.165) is 0 Å². The van der Waals surface area contributed by atoms with Gasteiger partial charge in [-0.05, 0) is 25.3 Å². The molecule has 0 bridgehead atoms. The maximum absolute atomic E-state index is 12.5. The van der Waals surface area contributed by atoms with Gasteiger partial charge in [-0.3, -0.25) is 30.8 Å². The molecule has 148 valence electrons. The molecule has 0 amide bonds. The first kappa shape index (κ1) is 22.3. The number of aliphatic hydroxyl groups is 1. The van der Waals surface area contributed by atoms with E-state index in [-0.39, 0.29) is 37.0 Å². The summed E-state index contributed by atoms with van der Waals surface area (Å²) in [6.45, 7) is 1.96. The van der Waals surface area contributed by atoms with Gasteiger partial charge in [-0.2, -0.15) is 0 Å². The zero-order valence-electron chi connectivity index (χ0n) is 15.6. The van der Waals surface area contributed by atoms with E-state index in [2.05, 4.69) is 4.99 Å². The molecule has 0 radical (unpaired) electrons. The highest BCUT2D eigenvalue weighted by molar-refractivity contribution is 5.98. The Bertz CT molecular complexity index is 666. The van der Waals surface area contributed by atoms with E-state index in [4.69, 9.17) is 21.3 Å². The van der Waals surface area contributed by atoms with Crippen molar-refractivity contribution in [2.24, 2.45) is 17.4 Å². The Morgan fingerprint density at radius 1 is 1.19 bits per heavy atom. The minimum Gasteiger partial charge on any atom is -0.466 e. The summed E-state index contributed by atoms with van der Waals surface area (Å²) in [6, 6.07) is 6.58. The van der Waals surface area contributed by atoms with E-state index < -0.39 is 18.5 Å². The normalized spacial score (nSPS) is 11.5. The number of nitrogens with two attached hydrogens (primary N) is 2. The van der Waals surface area contributed by atoms with Crippen LogP contribution < -0.4 is 16.5 Å². The van der Waals surface area contributed by atoms with Gasteiger partial charge in [0.05, 0.1) is 19.1 Å². The van der Waals surface area contributed by atoms with E-state index in [0.29, 0.717) is 30.5 Å². The minimum atomic E-state index is -0.547. The molecule has 8 heteroatoms. The summed E-state index contributed by atoms with van der Waals surface area (Å²) in [5.41, 5.74) is 11.8. The van der Waals surface area contributed by atoms with Gasteiger partial charge in [-0.15, -0.1) is 0 Å². The molecule has 0 heterocycles. The quantitative estimate of drug-likeness (QED) is 0.116. The van der Waals surface area contributed by atoms with E-state index in [9.17, 15) is 14.4 Å². The standard InChI is InChI=1S/C19H27N3O5/c1-2-27-18(26)15(4-3-9-22-19(20)21)11-17(25)14-7-5-13(6-8-14)10-16(24)12-23/h5-8,15,23H,2-4,9-12H2,1H3,(H4,20,21,22)/p+1. The van der Waals surface area contributed by atoms with E-state index >= 15 is 0 Å². The highest BCUT2D eigenvalue weighted by atomic mass is 16.5. The van der Waals surface area contributed by atoms with Crippen LogP contribution in [0.5, 0.6) is 0 Å². The minimum absolute atomic E-state index is 0.0373. The number of carbonyl (C=O) groups excluding carboxylic acids is 3. The lowest BCUT2D eigenvalue weighted by molar-refractivity contribution is -0.459. The van der Waals surface area contributed by atoms with Crippen LogP contribution in [-0.4, -0.2) is 48.4 Å². The van der Waals surface area contributed by atoms with Crippen LogP contribution >= 0.6 is 0 Å². The summed E-state index contributed by atoms with van der Waals surface area (Å²) in [6.07, 6.45) is 1.23. The van der Waals surface area contributed by atoms with Crippen molar-refractivity contribution >= 4 is 23.5 Å². The topological polar surface area (TPSA) is 147 Å². The Balaban J connectivity index is 2.72. The average molecular weight is 378 g/mol. The molecule has 1 aromatic carbocycles. The first-order chi connectivity index (χ1) is 12.9. The van der Waals surface area contributed by atoms with Crippen molar-refractivity contribution in [2.75, 3.05) is 19.8 Å². The summed E-state index contributed by atoms with van der Waals surface area (Å²) in [7, 11) is 0. The van der Waals surface area contributed by atoms with Gasteiger partial charge in [-0.1, -0.05) is 24.3 Å². The fourth-order valence-corrected chi connectivity index (χ4v) is 2.58. The van der Waals surface area contributed by atoms with Gasteiger partial charge in [0.25, 0.3) is 0 Å². The summed E-state index contributed by atoms with van der Waals surface area (Å²) >= 11 is 0. The number of guanidine groups is 1. The highest BCUT2D eigenvalue weighted by Gasteiger charge is 2.23. The smallest absolute Gasteiger partial charge is 0.338 e. The van der Waals surface area contributed by atoms with Crippen molar-refractivity contribution in [2.45, 2.75) is 32.6 Å². The number of hydrogen-bond acceptors (Lipinski definition) is 5. The maximum Gasteiger partial charge on any atom is 0.338 e. The van der Waals surface area contributed by atoms with Crippen molar-refractivity contribution in [1.82, 2.24) is 0 Å². The number of ketones is 2. The third kappa shape index (κ3) is 8.46. The van der Waals surface area contributed by atoms with Crippen LogP contribution in [0.3, 0.4) is 0 Å². The van der Waals surface area contributed by atoms with Gasteiger partial charge >= 0.3 is 11.9 Å². The maximum atomic E-state index is 12.5. The molecule has 0 spiro atoms. The summed E-state index contributed by atoms with van der Waals surface area (Å²) < 4.78 is 5.07. The number of aliphatic hydroxyl groups excluding tert-OH is 1. The number of carbonyl (C=O) groups is 3. The predicted molar refractivity (Wildman–Crippen MR) is 99.8 cm³/mol. The van der Waals surface area contributed by atoms with E-state index in [1.54, 1.807) is 31.2 Å². The molecule has 1 aromatic rings. The van der Waals surface area contributed by atoms with Crippen molar-refractivity contribution in [3.8, 4) is 0 Å². The number of benzene rings is 1. The fraction of sp³-hybridized carbons (Fsp3) is 0.474. The molecule has 0 aliphatic carbocycles. The van der Waals surface area contributed by atoms with Crippen LogP contribution in [0.2, 0.25) is 0 Å². The van der Waals surface area contributed by atoms with E-state index in [1.165, 1.54) is 0 Å². The molecule has 8 nitrogen and oxygen atoms in total. The van der Waals surface area contributed by atoms with Gasteiger partial charge in [0.1, 0.15) is 6.61 Å². The second-order valence-corrected chi connectivity index (χ2v) is 6.17. The molecule has 0 saturated carbocycles. The Kier molecular flexibility index (Phi) is 9.74. The molecular weight excluding hydrogens is 350 g/mol. The first-order valence-electron chi connectivity index (χ1n) is 8.90. The molecule has 0 saturated heterocycles. The second-order valence-electron chi connectivity index (χ2n) is 6.17. The van der Waals surface area contributed by atoms with Crippen molar-refractivity contribution < 1.29 is 29.2 Å². The lowest BCUT2D eigenvalue weighted by atomic mass is 9.93. The molecule has 1 atom stereocenters. The second kappa shape index (κ2) is 11.8. The Morgan fingerprint density at radius 3 is 2.41 bits per heavy atom. The van der Waals surface area contributed by atoms with Gasteiger partial charge in [0.15, 0.2) is 11.6 Å². The summed E-state index contributed by atoms with van der Waals surface area (Å²) in [5, 5.41) is 8.79. The van der Waals surface area contributed by atoms with Gasteiger partial charge in [0.2, 0.25) is 0 Å². The largest absolute Gasteiger partial charge is 0.466 e. The Hall–Kier alpha value is -2.74. The van der Waals surface area contributed by atoms with Crippen molar-refractivity contribution in [3.05, 3.63) is 35.4 Å². The first-order valence-corrected chi connectivity index (χ1v) is 8.90. The fourth-order valence-electron chi connectivity index (χ4n) is 2.58. The number of esters is 1. The average Bonchev–Trinajstić information content (AvgIpc) is 2.64. The zero-order valence-corrected chi connectivity index (χ0v) is 15.6. The summed E-state index contributed by atoms with van der Waals surface area (Å²) in [4.78, 5) is 38.7. The van der Waals surface area contributed by atoms with Gasteiger partial charge in [-0.25, -0.2) is 0 Å². The molecule has 1 unspecified atom stereocenters. The van der Waals surface area contributed by atoms with E-state index in [1.807, 2.05) is 0 Å². The monoisotopic (exact) mass is 378 g/mol. The predicted octanol–water partition coefficient (Wildman–Crippen LogP) is -1.32. The van der Waals surface area contributed by atoms with Gasteiger partial charge in [0, 0.05) is 18.4 Å². The number of ether oxygens (including phenoxy) is 1. The lowest BCUT2D eigenvalue weighted by Crippen LogP contribution is -2.78. The molecule has 27 heavy (non-hydrogen) atoms. The van der Waals surface area contributed by atoms with Crippen LogP contribution in [0, 0.1) is 5.92 Å². The molecule has 0 aliphatic rings. The third-order valence-electron chi connectivity index (χ3n) is 3.96. The van der Waals surface area contributed by atoms with Crippen LogP contribution in [0.15, 0.2) is 24.3 Å². The van der Waals surface area contributed by atoms with Crippen LogP contribution in [0.25, 0.3) is 0 Å². The van der Waals surface area contributed by atoms with Crippen LogP contribution in [0.1, 0.15) is 42.1 Å². The number of Topliss-reactive ketones (excluding diaryl/α,β-unsaturated/α-hetero) is 2. The molecule has 0 aromatic heterocycles. The molecule has 0 aliphatic heterocycles. The number of nitrogens with one attached hydrogen (secondary N) is 1. The molecule has 1 rings (SSSR count). The van der Waals surface area contributed by atoms with Crippen LogP contribution in [0.4, 0.5) is 0 Å². The molecule has 6 N–H and O–H groups in total. The summed E-state index contributed by atoms with van der Waals surface area (Å²) in [5.74, 6) is -1.31. The SMILES string of the molecule is CCOC(=O)C(CCC[NH+]=C(N)N)CC(=O)c1ccc(CC(=O)CO)cc1. The molecular formula is C19H28N3O5+. The number of rotatable bonds is 12. The van der Waals surface area contributed by atoms with Crippen molar-refractivity contribution in [3.63, 3.8) is 0 Å². The zero-order chi connectivity index (χ0) is 20.2. The Morgan fingerprint density at radius 2 is 1.85 bits per heavy atom. The van der Waals surface area contributed by atoms with Crippen molar-refractivity contribution in [1.29, 1.82) is 0 Å². The van der Waals surface area contributed by atoms with Crippen LogP contribution in [-0.2, 0) is 20.7 Å². The third-order valence-corrected chi connectivity index (χ3v) is 3.96. The highest BCUT2D eigenvalue weighted by Crippen LogP contribution is 2.17. The number of hydrogen-bond donors (Lipinski definition) is 4. The Labute approximate surface area is 158 Å².